The summed E-state index contributed by atoms with van der Waals surface area (Å²) in [6, 6.07) is 28.6. The second-order valence-electron chi connectivity index (χ2n) is 7.77. The molecule has 0 bridgehead atoms. The topological polar surface area (TPSA) is 24.5 Å². The van der Waals surface area contributed by atoms with Crippen LogP contribution in [0.5, 0.6) is 5.75 Å². The molecule has 27 heavy (non-hydrogen) atoms. The Morgan fingerprint density at radius 3 is 2.37 bits per heavy atom. The maximum atomic E-state index is 5.53. The van der Waals surface area contributed by atoms with Gasteiger partial charge in [0, 0.05) is 16.9 Å². The fourth-order valence-electron chi connectivity index (χ4n) is 4.91. The van der Waals surface area contributed by atoms with Gasteiger partial charge in [-0.05, 0) is 49.2 Å². The molecule has 3 nitrogen and oxygen atoms in total. The molecule has 2 heterocycles. The van der Waals surface area contributed by atoms with Crippen molar-refractivity contribution in [2.45, 2.75) is 31.0 Å². The van der Waals surface area contributed by atoms with Crippen molar-refractivity contribution in [1.82, 2.24) is 0 Å². The van der Waals surface area contributed by atoms with Gasteiger partial charge >= 0.3 is 0 Å². The van der Waals surface area contributed by atoms with Crippen molar-refractivity contribution in [3.8, 4) is 5.75 Å². The highest BCUT2D eigenvalue weighted by atomic mass is 16.5. The van der Waals surface area contributed by atoms with Gasteiger partial charge < -0.3 is 15.0 Å². The Balaban J connectivity index is 1.68. The Morgan fingerprint density at radius 2 is 1.67 bits per heavy atom. The van der Waals surface area contributed by atoms with Gasteiger partial charge in [0.1, 0.15) is 5.75 Å². The minimum atomic E-state index is -0.0228. The van der Waals surface area contributed by atoms with Crippen LogP contribution in [0.3, 0.4) is 0 Å². The predicted octanol–water partition coefficient (Wildman–Crippen LogP) is 5.57. The Labute approximate surface area is 160 Å². The fourth-order valence-corrected chi connectivity index (χ4v) is 4.91. The summed E-state index contributed by atoms with van der Waals surface area (Å²) in [5, 5.41) is 3.83. The van der Waals surface area contributed by atoms with Gasteiger partial charge in [-0.1, -0.05) is 48.5 Å². The molecule has 136 valence electrons. The lowest BCUT2D eigenvalue weighted by Crippen LogP contribution is -2.36. The molecular weight excluding hydrogens is 332 g/mol. The molecule has 0 amide bonds. The van der Waals surface area contributed by atoms with Gasteiger partial charge in [0.25, 0.3) is 0 Å². The smallest absolute Gasteiger partial charge is 0.119 e. The highest BCUT2D eigenvalue weighted by Crippen LogP contribution is 2.58. The van der Waals surface area contributed by atoms with Crippen molar-refractivity contribution in [1.29, 1.82) is 0 Å². The van der Waals surface area contributed by atoms with Gasteiger partial charge in [-0.3, -0.25) is 0 Å². The number of nitrogens with zero attached hydrogens (tertiary/aromatic N) is 1. The quantitative estimate of drug-likeness (QED) is 0.664. The molecule has 0 spiro atoms. The molecule has 3 heteroatoms. The van der Waals surface area contributed by atoms with E-state index in [2.05, 4.69) is 89.9 Å². The molecule has 5 rings (SSSR count). The van der Waals surface area contributed by atoms with E-state index in [1.807, 2.05) is 6.07 Å². The van der Waals surface area contributed by atoms with Crippen LogP contribution in [0.1, 0.15) is 36.6 Å². The van der Waals surface area contributed by atoms with Crippen molar-refractivity contribution in [3.63, 3.8) is 0 Å². The second-order valence-corrected chi connectivity index (χ2v) is 7.77. The van der Waals surface area contributed by atoms with Crippen molar-refractivity contribution >= 4 is 11.4 Å². The number of benzene rings is 3. The summed E-state index contributed by atoms with van der Waals surface area (Å²) in [6.45, 7) is 2.35. The average molecular weight is 356 g/mol. The van der Waals surface area contributed by atoms with E-state index in [0.29, 0.717) is 6.04 Å². The standard InChI is InChI=1S/C24H24N2O/c1-24-16-22(17-9-5-3-6-10-17)26(18-11-7-4-8-12-18)23(24)20-15-19(27-2)13-14-21(20)25-24/h3-15,22-23,25H,16H2,1-2H3/t22-,23-,24-/m0/s1. The third-order valence-electron chi connectivity index (χ3n) is 6.05. The molecule has 1 N–H and O–H groups in total. The molecule has 3 atom stereocenters. The lowest BCUT2D eigenvalue weighted by molar-refractivity contribution is 0.413. The van der Waals surface area contributed by atoms with Crippen LogP contribution >= 0.6 is 0 Å². The Kier molecular flexibility index (Phi) is 3.64. The molecule has 2 aliphatic heterocycles. The molecule has 1 fully saturated rings. The monoisotopic (exact) mass is 356 g/mol. The molecule has 2 aliphatic rings. The van der Waals surface area contributed by atoms with E-state index in [1.165, 1.54) is 22.5 Å². The molecule has 3 aromatic carbocycles. The van der Waals surface area contributed by atoms with Crippen molar-refractivity contribution in [3.05, 3.63) is 90.0 Å². The maximum absolute atomic E-state index is 5.53. The van der Waals surface area contributed by atoms with Crippen molar-refractivity contribution in [2.24, 2.45) is 0 Å². The third kappa shape index (κ3) is 2.49. The molecule has 0 aromatic heterocycles. The Hall–Kier alpha value is -2.94. The number of para-hydroxylation sites is 1. The Bertz CT molecular complexity index is 957. The van der Waals surface area contributed by atoms with E-state index in [4.69, 9.17) is 4.74 Å². The largest absolute Gasteiger partial charge is 0.497 e. The summed E-state index contributed by atoms with van der Waals surface area (Å²) < 4.78 is 5.53. The minimum absolute atomic E-state index is 0.0228. The minimum Gasteiger partial charge on any atom is -0.497 e. The summed E-state index contributed by atoms with van der Waals surface area (Å²) in [6.07, 6.45) is 1.05. The molecule has 3 aromatic rings. The first kappa shape index (κ1) is 16.2. The van der Waals surface area contributed by atoms with Crippen molar-refractivity contribution < 1.29 is 4.74 Å². The number of rotatable bonds is 3. The Morgan fingerprint density at radius 1 is 0.963 bits per heavy atom. The van der Waals surface area contributed by atoms with Crippen LogP contribution < -0.4 is 15.0 Å². The lowest BCUT2D eigenvalue weighted by atomic mass is 9.90. The van der Waals surface area contributed by atoms with Crippen molar-refractivity contribution in [2.75, 3.05) is 17.3 Å². The zero-order valence-electron chi connectivity index (χ0n) is 15.7. The van der Waals surface area contributed by atoms with Gasteiger partial charge in [-0.2, -0.15) is 0 Å². The molecule has 1 saturated heterocycles. The van der Waals surface area contributed by atoms with E-state index in [9.17, 15) is 0 Å². The van der Waals surface area contributed by atoms with E-state index in [0.717, 1.165) is 12.2 Å². The van der Waals surface area contributed by atoms with Crippen LogP contribution in [0, 0.1) is 0 Å². The number of hydrogen-bond donors (Lipinski definition) is 1. The summed E-state index contributed by atoms with van der Waals surface area (Å²) in [7, 11) is 1.74. The first-order chi connectivity index (χ1) is 13.2. The van der Waals surface area contributed by atoms with E-state index in [1.54, 1.807) is 7.11 Å². The SMILES string of the molecule is COc1ccc2c(c1)[C@@H]1N(c3ccccc3)[C@H](c3ccccc3)C[C@]1(C)N2. The van der Waals surface area contributed by atoms with Gasteiger partial charge in [0.2, 0.25) is 0 Å². The van der Waals surface area contributed by atoms with E-state index in [-0.39, 0.29) is 11.6 Å². The van der Waals surface area contributed by atoms with Crippen LogP contribution in [-0.4, -0.2) is 12.6 Å². The molecular formula is C24H24N2O. The number of ether oxygens (including phenoxy) is 1. The van der Waals surface area contributed by atoms with E-state index < -0.39 is 0 Å². The third-order valence-corrected chi connectivity index (χ3v) is 6.05. The molecule has 0 radical (unpaired) electrons. The predicted molar refractivity (Wildman–Crippen MR) is 110 cm³/mol. The first-order valence-corrected chi connectivity index (χ1v) is 9.54. The molecule has 0 aliphatic carbocycles. The van der Waals surface area contributed by atoms with Gasteiger partial charge in [0.15, 0.2) is 0 Å². The van der Waals surface area contributed by atoms with Crippen LogP contribution in [0.15, 0.2) is 78.9 Å². The van der Waals surface area contributed by atoms with Crippen LogP contribution in [0.2, 0.25) is 0 Å². The van der Waals surface area contributed by atoms with Crippen LogP contribution in [-0.2, 0) is 0 Å². The summed E-state index contributed by atoms with van der Waals surface area (Å²) in [4.78, 5) is 2.59. The summed E-state index contributed by atoms with van der Waals surface area (Å²) >= 11 is 0. The summed E-state index contributed by atoms with van der Waals surface area (Å²) in [5.74, 6) is 0.913. The maximum Gasteiger partial charge on any atom is 0.119 e. The zero-order chi connectivity index (χ0) is 18.4. The number of methoxy groups -OCH3 is 1. The van der Waals surface area contributed by atoms with Gasteiger partial charge in [-0.15, -0.1) is 0 Å². The lowest BCUT2D eigenvalue weighted by Gasteiger charge is -2.34. The highest BCUT2D eigenvalue weighted by molar-refractivity contribution is 5.69. The number of hydrogen-bond acceptors (Lipinski definition) is 3. The summed E-state index contributed by atoms with van der Waals surface area (Å²) in [5.41, 5.74) is 5.14. The first-order valence-electron chi connectivity index (χ1n) is 9.54. The molecule has 0 unspecified atom stereocenters. The zero-order valence-corrected chi connectivity index (χ0v) is 15.7. The highest BCUT2D eigenvalue weighted by Gasteiger charge is 2.54. The molecule has 0 saturated carbocycles. The van der Waals surface area contributed by atoms with Gasteiger partial charge in [0.05, 0.1) is 24.7 Å². The van der Waals surface area contributed by atoms with Crippen LogP contribution in [0.4, 0.5) is 11.4 Å². The second kappa shape index (κ2) is 6.05. The van der Waals surface area contributed by atoms with Crippen LogP contribution in [0.25, 0.3) is 0 Å². The van der Waals surface area contributed by atoms with Gasteiger partial charge in [-0.25, -0.2) is 0 Å². The normalized spacial score (nSPS) is 25.6. The fraction of sp³-hybridized carbons (Fsp3) is 0.250. The average Bonchev–Trinajstić information content (AvgIpc) is 3.17. The number of anilines is 2. The van der Waals surface area contributed by atoms with E-state index >= 15 is 0 Å². The number of fused-ring (bicyclic) bond motifs is 3. The number of nitrogens with one attached hydrogen (secondary N) is 1.